The second-order valence-corrected chi connectivity index (χ2v) is 7.11. The fourth-order valence-corrected chi connectivity index (χ4v) is 4.04. The van der Waals surface area contributed by atoms with E-state index < -0.39 is 0 Å². The monoisotopic (exact) mass is 315 g/mol. The van der Waals surface area contributed by atoms with Gasteiger partial charge in [0, 0.05) is 56.7 Å². The Morgan fingerprint density at radius 2 is 1.87 bits per heavy atom. The van der Waals surface area contributed by atoms with E-state index in [0.717, 1.165) is 63.5 Å². The van der Waals surface area contributed by atoms with Crippen LogP contribution in [0.1, 0.15) is 37.7 Å². The fraction of sp³-hybridized carbons (Fsp3) is 0.706. The molecule has 0 aromatic carbocycles. The molecule has 3 saturated heterocycles. The number of nitrogens with one attached hydrogen (secondary N) is 1. The SMILES string of the molecule is O=C1NC2CCCC1CN(Cc1cnc(N3CCCC3)nc1)C2. The number of likely N-dealkylation sites (tertiary alicyclic amines) is 1. The minimum atomic E-state index is 0.146. The molecule has 1 amide bonds. The molecule has 3 aliphatic rings. The molecule has 1 N–H and O–H groups in total. The fourth-order valence-electron chi connectivity index (χ4n) is 4.04. The second-order valence-electron chi connectivity index (χ2n) is 7.11. The van der Waals surface area contributed by atoms with Crippen molar-refractivity contribution in [1.82, 2.24) is 20.2 Å². The van der Waals surface area contributed by atoms with Crippen molar-refractivity contribution in [3.63, 3.8) is 0 Å². The standard InChI is InChI=1S/C17H25N5O/c23-16-14-4-3-5-15(20-16)12-21(11-14)10-13-8-18-17(19-9-13)22-6-1-2-7-22/h8-9,14-15H,1-7,10-12H2,(H,20,23). The molecule has 3 aliphatic heterocycles. The van der Waals surface area contributed by atoms with Crippen molar-refractivity contribution in [1.29, 1.82) is 0 Å². The molecule has 6 heteroatoms. The van der Waals surface area contributed by atoms with Crippen LogP contribution in [0.25, 0.3) is 0 Å². The molecule has 3 fully saturated rings. The number of fused-ring (bicyclic) bond motifs is 3. The third-order valence-corrected chi connectivity index (χ3v) is 5.27. The average Bonchev–Trinajstić information content (AvgIpc) is 2.96. The summed E-state index contributed by atoms with van der Waals surface area (Å²) < 4.78 is 0. The van der Waals surface area contributed by atoms with Gasteiger partial charge in [0.2, 0.25) is 11.9 Å². The molecule has 1 aromatic rings. The van der Waals surface area contributed by atoms with Gasteiger partial charge in [-0.2, -0.15) is 0 Å². The summed E-state index contributed by atoms with van der Waals surface area (Å²) in [5.41, 5.74) is 1.14. The van der Waals surface area contributed by atoms with E-state index in [9.17, 15) is 4.79 Å². The first-order valence-corrected chi connectivity index (χ1v) is 8.86. The minimum absolute atomic E-state index is 0.146. The number of aromatic nitrogens is 2. The van der Waals surface area contributed by atoms with Gasteiger partial charge in [-0.05, 0) is 25.7 Å². The number of hydrogen-bond donors (Lipinski definition) is 1. The number of amides is 1. The van der Waals surface area contributed by atoms with Gasteiger partial charge in [0.15, 0.2) is 0 Å². The molecule has 1 aromatic heterocycles. The first-order valence-electron chi connectivity index (χ1n) is 8.86. The van der Waals surface area contributed by atoms with Gasteiger partial charge < -0.3 is 10.2 Å². The van der Waals surface area contributed by atoms with Crippen molar-refractivity contribution in [2.24, 2.45) is 5.92 Å². The van der Waals surface area contributed by atoms with Crippen molar-refractivity contribution >= 4 is 11.9 Å². The number of carbonyl (C=O) groups excluding carboxylic acids is 1. The van der Waals surface area contributed by atoms with E-state index >= 15 is 0 Å². The van der Waals surface area contributed by atoms with Crippen LogP contribution in [-0.4, -0.2) is 53.0 Å². The predicted octanol–water partition coefficient (Wildman–Crippen LogP) is 1.18. The Kier molecular flexibility index (Phi) is 4.16. The summed E-state index contributed by atoms with van der Waals surface area (Å²) in [5.74, 6) is 1.25. The van der Waals surface area contributed by atoms with Gasteiger partial charge in [0.25, 0.3) is 0 Å². The Morgan fingerprint density at radius 1 is 1.09 bits per heavy atom. The summed E-state index contributed by atoms with van der Waals surface area (Å²) >= 11 is 0. The summed E-state index contributed by atoms with van der Waals surface area (Å²) in [6, 6.07) is 0.305. The highest BCUT2D eigenvalue weighted by atomic mass is 16.2. The van der Waals surface area contributed by atoms with Crippen molar-refractivity contribution in [3.8, 4) is 0 Å². The molecule has 2 bridgehead atoms. The lowest BCUT2D eigenvalue weighted by molar-refractivity contribution is -0.124. The van der Waals surface area contributed by atoms with Gasteiger partial charge in [-0.3, -0.25) is 9.69 Å². The number of rotatable bonds is 3. The maximum atomic E-state index is 12.1. The summed E-state index contributed by atoms with van der Waals surface area (Å²) in [4.78, 5) is 25.8. The molecule has 4 heterocycles. The van der Waals surface area contributed by atoms with Gasteiger partial charge in [0.1, 0.15) is 0 Å². The van der Waals surface area contributed by atoms with Crippen LogP contribution < -0.4 is 10.2 Å². The minimum Gasteiger partial charge on any atom is -0.352 e. The van der Waals surface area contributed by atoms with Crippen LogP contribution in [0.3, 0.4) is 0 Å². The lowest BCUT2D eigenvalue weighted by Gasteiger charge is -2.27. The number of anilines is 1. The van der Waals surface area contributed by atoms with Gasteiger partial charge in [0.05, 0.1) is 5.92 Å². The highest BCUT2D eigenvalue weighted by Gasteiger charge is 2.32. The average molecular weight is 315 g/mol. The second kappa shape index (κ2) is 6.43. The Hall–Kier alpha value is -1.69. The van der Waals surface area contributed by atoms with E-state index in [2.05, 4.69) is 25.1 Å². The molecule has 0 radical (unpaired) electrons. The Balaban J connectivity index is 1.42. The smallest absolute Gasteiger partial charge is 0.225 e. The van der Waals surface area contributed by atoms with Gasteiger partial charge >= 0.3 is 0 Å². The lowest BCUT2D eigenvalue weighted by atomic mass is 9.99. The molecule has 2 atom stereocenters. The molecule has 0 spiro atoms. The molecule has 6 nitrogen and oxygen atoms in total. The normalized spacial score (nSPS) is 28.5. The van der Waals surface area contributed by atoms with Crippen LogP contribution in [0, 0.1) is 5.92 Å². The van der Waals surface area contributed by atoms with Crippen LogP contribution in [0.15, 0.2) is 12.4 Å². The quantitative estimate of drug-likeness (QED) is 0.907. The van der Waals surface area contributed by atoms with Gasteiger partial charge in [-0.1, -0.05) is 6.42 Å². The lowest BCUT2D eigenvalue weighted by Crippen LogP contribution is -2.38. The third-order valence-electron chi connectivity index (χ3n) is 5.27. The van der Waals surface area contributed by atoms with Crippen LogP contribution in [0.5, 0.6) is 0 Å². The van der Waals surface area contributed by atoms with Crippen LogP contribution in [-0.2, 0) is 11.3 Å². The topological polar surface area (TPSA) is 61.4 Å². The maximum absolute atomic E-state index is 12.1. The summed E-state index contributed by atoms with van der Waals surface area (Å²) in [6.07, 6.45) is 9.67. The largest absolute Gasteiger partial charge is 0.352 e. The highest BCUT2D eigenvalue weighted by Crippen LogP contribution is 2.23. The maximum Gasteiger partial charge on any atom is 0.225 e. The van der Waals surface area contributed by atoms with Gasteiger partial charge in [-0.15, -0.1) is 0 Å². The highest BCUT2D eigenvalue weighted by molar-refractivity contribution is 5.79. The third kappa shape index (κ3) is 3.32. The molecule has 23 heavy (non-hydrogen) atoms. The first kappa shape index (κ1) is 14.9. The molecular formula is C17H25N5O. The van der Waals surface area contributed by atoms with Crippen molar-refractivity contribution in [2.45, 2.75) is 44.7 Å². The molecule has 124 valence electrons. The van der Waals surface area contributed by atoms with Crippen LogP contribution in [0.4, 0.5) is 5.95 Å². The van der Waals surface area contributed by atoms with E-state index in [0.29, 0.717) is 6.04 Å². The van der Waals surface area contributed by atoms with Crippen molar-refractivity contribution in [2.75, 3.05) is 31.1 Å². The van der Waals surface area contributed by atoms with E-state index in [4.69, 9.17) is 0 Å². The predicted molar refractivity (Wildman–Crippen MR) is 88.0 cm³/mol. The van der Waals surface area contributed by atoms with Crippen LogP contribution >= 0.6 is 0 Å². The Labute approximate surface area is 137 Å². The zero-order chi connectivity index (χ0) is 15.6. The molecule has 0 aliphatic carbocycles. The van der Waals surface area contributed by atoms with E-state index in [1.165, 1.54) is 12.8 Å². The Morgan fingerprint density at radius 3 is 2.65 bits per heavy atom. The van der Waals surface area contributed by atoms with Crippen molar-refractivity contribution in [3.05, 3.63) is 18.0 Å². The van der Waals surface area contributed by atoms with Crippen LogP contribution in [0.2, 0.25) is 0 Å². The molecule has 0 saturated carbocycles. The van der Waals surface area contributed by atoms with Gasteiger partial charge in [-0.25, -0.2) is 9.97 Å². The number of nitrogens with zero attached hydrogens (tertiary/aromatic N) is 4. The zero-order valence-electron chi connectivity index (χ0n) is 13.6. The summed E-state index contributed by atoms with van der Waals surface area (Å²) in [5, 5.41) is 3.18. The van der Waals surface area contributed by atoms with E-state index in [1.54, 1.807) is 0 Å². The Bertz CT molecular complexity index is 555. The van der Waals surface area contributed by atoms with E-state index in [-0.39, 0.29) is 11.8 Å². The summed E-state index contributed by atoms with van der Waals surface area (Å²) in [6.45, 7) is 4.78. The summed E-state index contributed by atoms with van der Waals surface area (Å²) in [7, 11) is 0. The van der Waals surface area contributed by atoms with E-state index in [1.807, 2.05) is 12.4 Å². The van der Waals surface area contributed by atoms with Crippen molar-refractivity contribution < 1.29 is 4.79 Å². The molecule has 4 rings (SSSR count). The first-order chi connectivity index (χ1) is 11.3. The molecule has 2 unspecified atom stereocenters. The zero-order valence-corrected chi connectivity index (χ0v) is 13.6. The number of carbonyl (C=O) groups is 1. The molecular weight excluding hydrogens is 290 g/mol. The number of hydrogen-bond acceptors (Lipinski definition) is 5.